The van der Waals surface area contributed by atoms with E-state index in [0.717, 1.165) is 0 Å². The van der Waals surface area contributed by atoms with Crippen LogP contribution in [0, 0.1) is 6.92 Å². The molecule has 134 valence electrons. The maximum Gasteiger partial charge on any atom is 0.255 e. The van der Waals surface area contributed by atoms with Crippen molar-refractivity contribution in [3.05, 3.63) is 53.6 Å². The summed E-state index contributed by atoms with van der Waals surface area (Å²) < 4.78 is 26.9. The van der Waals surface area contributed by atoms with Gasteiger partial charge < -0.3 is 10.4 Å². The number of nitrogens with one attached hydrogen (secondary N) is 1. The molecule has 2 aromatic rings. The third-order valence-corrected chi connectivity index (χ3v) is 6.07. The van der Waals surface area contributed by atoms with Crippen molar-refractivity contribution in [2.24, 2.45) is 0 Å². The van der Waals surface area contributed by atoms with Gasteiger partial charge in [0.2, 0.25) is 10.0 Å². The van der Waals surface area contributed by atoms with E-state index in [0.29, 0.717) is 24.3 Å². The Hall–Kier alpha value is -2.38. The van der Waals surface area contributed by atoms with Gasteiger partial charge in [-0.05, 0) is 36.8 Å². The molecule has 6 nitrogen and oxygen atoms in total. The lowest BCUT2D eigenvalue weighted by molar-refractivity contribution is 0.102. The van der Waals surface area contributed by atoms with E-state index in [1.807, 2.05) is 0 Å². The molecule has 0 aromatic heterocycles. The van der Waals surface area contributed by atoms with Crippen LogP contribution in [0.1, 0.15) is 29.8 Å². The number of aromatic hydroxyl groups is 1. The Kier molecular flexibility index (Phi) is 5.81. The number of carbonyl (C=O) groups excluding carboxylic acids is 1. The number of sulfonamides is 1. The largest absolute Gasteiger partial charge is 0.508 e. The Balaban J connectivity index is 2.37. The summed E-state index contributed by atoms with van der Waals surface area (Å²) >= 11 is 0. The van der Waals surface area contributed by atoms with Gasteiger partial charge in [-0.25, -0.2) is 8.42 Å². The first-order valence-electron chi connectivity index (χ1n) is 8.00. The quantitative estimate of drug-likeness (QED) is 0.827. The molecule has 2 N–H and O–H groups in total. The zero-order valence-corrected chi connectivity index (χ0v) is 15.3. The van der Waals surface area contributed by atoms with Gasteiger partial charge in [0.25, 0.3) is 5.91 Å². The number of amides is 1. The van der Waals surface area contributed by atoms with Gasteiger partial charge in [0.1, 0.15) is 5.75 Å². The molecule has 25 heavy (non-hydrogen) atoms. The summed E-state index contributed by atoms with van der Waals surface area (Å²) in [7, 11) is -3.65. The average Bonchev–Trinajstić information content (AvgIpc) is 2.55. The third kappa shape index (κ3) is 4.18. The van der Waals surface area contributed by atoms with E-state index < -0.39 is 15.9 Å². The van der Waals surface area contributed by atoms with Crippen molar-refractivity contribution in [3.63, 3.8) is 0 Å². The van der Waals surface area contributed by atoms with Crippen LogP contribution in [-0.4, -0.2) is 36.8 Å². The predicted molar refractivity (Wildman–Crippen MR) is 97.3 cm³/mol. The van der Waals surface area contributed by atoms with E-state index >= 15 is 0 Å². The van der Waals surface area contributed by atoms with E-state index in [9.17, 15) is 18.3 Å². The molecule has 2 rings (SSSR count). The number of nitrogens with zero attached hydrogens (tertiary/aromatic N) is 1. The average molecular weight is 362 g/mol. The molecule has 7 heteroatoms. The first-order valence-corrected chi connectivity index (χ1v) is 9.44. The Bertz CT molecular complexity index is 874. The summed E-state index contributed by atoms with van der Waals surface area (Å²) in [5.74, 6) is -0.409. The monoisotopic (exact) mass is 362 g/mol. The summed E-state index contributed by atoms with van der Waals surface area (Å²) in [5.41, 5.74) is 1.25. The van der Waals surface area contributed by atoms with Gasteiger partial charge in [-0.1, -0.05) is 26.0 Å². The minimum absolute atomic E-state index is 0.0338. The van der Waals surface area contributed by atoms with Crippen molar-refractivity contribution in [3.8, 4) is 5.75 Å². The smallest absolute Gasteiger partial charge is 0.255 e. The van der Waals surface area contributed by atoms with Crippen LogP contribution >= 0.6 is 0 Å². The van der Waals surface area contributed by atoms with Crippen LogP contribution in [0.15, 0.2) is 47.4 Å². The van der Waals surface area contributed by atoms with Crippen molar-refractivity contribution in [1.29, 1.82) is 0 Å². The van der Waals surface area contributed by atoms with Crippen LogP contribution < -0.4 is 5.32 Å². The molecule has 1 amide bonds. The minimum Gasteiger partial charge on any atom is -0.508 e. The molecule has 0 aliphatic heterocycles. The van der Waals surface area contributed by atoms with Crippen molar-refractivity contribution in [2.45, 2.75) is 25.7 Å². The SMILES string of the molecule is CCN(CC)S(=O)(=O)c1cc(C(=O)Nc2cccc(O)c2)ccc1C. The van der Waals surface area contributed by atoms with Crippen LogP contribution in [0.4, 0.5) is 5.69 Å². The fourth-order valence-electron chi connectivity index (χ4n) is 2.51. The second kappa shape index (κ2) is 7.67. The van der Waals surface area contributed by atoms with Crippen LogP contribution in [0.25, 0.3) is 0 Å². The molecule has 2 aromatic carbocycles. The van der Waals surface area contributed by atoms with E-state index in [2.05, 4.69) is 5.32 Å². The third-order valence-electron chi connectivity index (χ3n) is 3.88. The standard InChI is InChI=1S/C18H22N2O4S/c1-4-20(5-2)25(23,24)17-11-14(10-9-13(17)3)18(22)19-15-7-6-8-16(21)12-15/h6-12,21H,4-5H2,1-3H3,(H,19,22). The van der Waals surface area contributed by atoms with Crippen LogP contribution in [0.2, 0.25) is 0 Å². The fourth-order valence-corrected chi connectivity index (χ4v) is 4.22. The molecule has 0 spiro atoms. The zero-order chi connectivity index (χ0) is 18.6. The topological polar surface area (TPSA) is 86.7 Å². The highest BCUT2D eigenvalue weighted by molar-refractivity contribution is 7.89. The highest BCUT2D eigenvalue weighted by atomic mass is 32.2. The van der Waals surface area contributed by atoms with Crippen molar-refractivity contribution in [2.75, 3.05) is 18.4 Å². The van der Waals surface area contributed by atoms with E-state index in [1.54, 1.807) is 45.0 Å². The Morgan fingerprint density at radius 1 is 1.12 bits per heavy atom. The normalized spacial score (nSPS) is 11.5. The Labute approximate surface area is 148 Å². The first-order chi connectivity index (χ1) is 11.8. The lowest BCUT2D eigenvalue weighted by Crippen LogP contribution is -2.31. The van der Waals surface area contributed by atoms with E-state index in [4.69, 9.17) is 0 Å². The summed E-state index contributed by atoms with van der Waals surface area (Å²) in [5, 5.41) is 12.1. The molecular weight excluding hydrogens is 340 g/mol. The van der Waals surface area contributed by atoms with Crippen LogP contribution in [-0.2, 0) is 10.0 Å². The molecular formula is C18H22N2O4S. The number of phenolic OH excluding ortho intramolecular Hbond substituents is 1. The molecule has 0 atom stereocenters. The van der Waals surface area contributed by atoms with Gasteiger partial charge in [0.05, 0.1) is 4.90 Å². The molecule has 0 unspecified atom stereocenters. The van der Waals surface area contributed by atoms with Gasteiger partial charge in [-0.2, -0.15) is 4.31 Å². The van der Waals surface area contributed by atoms with Crippen molar-refractivity contribution >= 4 is 21.6 Å². The number of carbonyl (C=O) groups is 1. The molecule has 0 radical (unpaired) electrons. The lowest BCUT2D eigenvalue weighted by Gasteiger charge is -2.20. The van der Waals surface area contributed by atoms with Crippen molar-refractivity contribution in [1.82, 2.24) is 4.31 Å². The van der Waals surface area contributed by atoms with Gasteiger partial charge in [0.15, 0.2) is 0 Å². The maximum absolute atomic E-state index is 12.8. The highest BCUT2D eigenvalue weighted by Crippen LogP contribution is 2.22. The van der Waals surface area contributed by atoms with Crippen LogP contribution in [0.3, 0.4) is 0 Å². The molecule has 0 saturated carbocycles. The Morgan fingerprint density at radius 2 is 1.80 bits per heavy atom. The lowest BCUT2D eigenvalue weighted by atomic mass is 10.1. The number of aryl methyl sites for hydroxylation is 1. The minimum atomic E-state index is -3.65. The van der Waals surface area contributed by atoms with Crippen molar-refractivity contribution < 1.29 is 18.3 Å². The maximum atomic E-state index is 12.8. The number of rotatable bonds is 6. The second-order valence-electron chi connectivity index (χ2n) is 5.57. The number of anilines is 1. The van der Waals surface area contributed by atoms with Gasteiger partial charge in [-0.3, -0.25) is 4.79 Å². The number of hydrogen-bond donors (Lipinski definition) is 2. The van der Waals surface area contributed by atoms with E-state index in [-0.39, 0.29) is 16.2 Å². The van der Waals surface area contributed by atoms with Gasteiger partial charge in [0, 0.05) is 30.4 Å². The molecule has 0 saturated heterocycles. The molecule has 0 heterocycles. The van der Waals surface area contributed by atoms with Gasteiger partial charge >= 0.3 is 0 Å². The van der Waals surface area contributed by atoms with E-state index in [1.165, 1.54) is 22.5 Å². The summed E-state index contributed by atoms with van der Waals surface area (Å²) in [6.45, 7) is 5.97. The second-order valence-corrected chi connectivity index (χ2v) is 7.48. The molecule has 0 aliphatic carbocycles. The molecule has 0 bridgehead atoms. The number of hydrogen-bond acceptors (Lipinski definition) is 4. The zero-order valence-electron chi connectivity index (χ0n) is 14.5. The molecule has 0 fully saturated rings. The summed E-state index contributed by atoms with van der Waals surface area (Å²) in [6, 6.07) is 10.7. The summed E-state index contributed by atoms with van der Waals surface area (Å²) in [4.78, 5) is 12.5. The highest BCUT2D eigenvalue weighted by Gasteiger charge is 2.24. The molecule has 0 aliphatic rings. The number of phenols is 1. The predicted octanol–water partition coefficient (Wildman–Crippen LogP) is 2.98. The fraction of sp³-hybridized carbons (Fsp3) is 0.278. The Morgan fingerprint density at radius 3 is 2.40 bits per heavy atom. The summed E-state index contributed by atoms with van der Waals surface area (Å²) in [6.07, 6.45) is 0. The van der Waals surface area contributed by atoms with Gasteiger partial charge in [-0.15, -0.1) is 0 Å². The number of benzene rings is 2. The first kappa shape index (κ1) is 19.0. The van der Waals surface area contributed by atoms with Crippen LogP contribution in [0.5, 0.6) is 5.75 Å².